The van der Waals surface area contributed by atoms with Gasteiger partial charge in [0, 0.05) is 25.7 Å². The van der Waals surface area contributed by atoms with Gasteiger partial charge < -0.3 is 33.8 Å². The van der Waals surface area contributed by atoms with Gasteiger partial charge in [-0.05, 0) is 148 Å². The van der Waals surface area contributed by atoms with Crippen LogP contribution in [0.1, 0.15) is 297 Å². The molecule has 5 unspecified atom stereocenters. The number of phosphoric ester groups is 2. The third-order valence-corrected chi connectivity index (χ3v) is 17.4. The van der Waals surface area contributed by atoms with E-state index in [0.717, 1.165) is 218 Å². The predicted octanol–water partition coefficient (Wildman–Crippen LogP) is 22.1. The van der Waals surface area contributed by atoms with Crippen molar-refractivity contribution in [3.05, 3.63) is 134 Å². The largest absolute Gasteiger partial charge is 0.472 e. The van der Waals surface area contributed by atoms with Crippen LogP contribution in [0.3, 0.4) is 0 Å². The lowest BCUT2D eigenvalue weighted by molar-refractivity contribution is -0.161. The molecule has 0 aliphatic carbocycles. The molecule has 572 valence electrons. The molecule has 0 aliphatic rings. The standard InChI is InChI=1S/C81H136O17P2/c1-5-9-13-17-21-25-29-33-35-37-39-43-46-50-54-58-62-66-79(84)92-72-77(98-81(86)68-64-60-56-52-48-44-40-38-36-34-30-26-22-18-14-10-6-2)74-96-100(89,90)94-70-75(82)69-93-99(87,88)95-73-76(97-80(85)67-63-59-55-51-47-42-32-28-24-20-16-12-8-4)71-91-78(83)65-61-57-53-49-45-41-31-27-23-19-15-11-7-3/h9-10,13-16,19-22,25-28,31-36,39,43,75-77,82H,5-8,11-12,17-18,23-24,29-30,37-38,40-42,44-74H2,1-4H3,(H,87,88)(H,89,90)/b13-9-,14-10-,19-15-,20-16-,25-21-,26-22-,31-27-,32-28-,35-33-,36-34-,43-39-. The Morgan fingerprint density at radius 1 is 0.290 bits per heavy atom. The van der Waals surface area contributed by atoms with Gasteiger partial charge in [0.2, 0.25) is 0 Å². The second-order valence-electron chi connectivity index (χ2n) is 25.2. The highest BCUT2D eigenvalue weighted by molar-refractivity contribution is 7.47. The van der Waals surface area contributed by atoms with E-state index in [2.05, 4.69) is 161 Å². The van der Waals surface area contributed by atoms with Crippen LogP contribution >= 0.6 is 15.6 Å². The normalized spacial score (nSPS) is 14.7. The minimum Gasteiger partial charge on any atom is -0.462 e. The lowest BCUT2D eigenvalue weighted by Crippen LogP contribution is -2.30. The topological polar surface area (TPSA) is 237 Å². The summed E-state index contributed by atoms with van der Waals surface area (Å²) >= 11 is 0. The molecule has 0 aromatic rings. The molecule has 100 heavy (non-hydrogen) atoms. The Balaban J connectivity index is 5.40. The van der Waals surface area contributed by atoms with Crippen LogP contribution in [0.25, 0.3) is 0 Å². The Labute approximate surface area is 605 Å². The SMILES string of the molecule is CC/C=C\C/C=C\C/C=C\C/C=C\CCCCCCC(=O)OCC(COP(=O)(O)OCC(O)COP(=O)(O)OCC(COC(=O)CCCCCCC/C=C\C/C=C\CCC)OC(=O)CCCCCCC/C=C\C/C=C\CCC)OC(=O)CCCCCCCCC/C=C\C/C=C\C/C=C\CC. The van der Waals surface area contributed by atoms with Gasteiger partial charge >= 0.3 is 39.5 Å². The molecule has 0 amide bonds. The van der Waals surface area contributed by atoms with Gasteiger partial charge in [0.15, 0.2) is 12.2 Å². The van der Waals surface area contributed by atoms with Crippen LogP contribution < -0.4 is 0 Å². The van der Waals surface area contributed by atoms with Crippen molar-refractivity contribution in [1.29, 1.82) is 0 Å². The van der Waals surface area contributed by atoms with Gasteiger partial charge in [-0.2, -0.15) is 0 Å². The number of phosphoric acid groups is 2. The Bertz CT molecular complexity index is 2420. The molecule has 19 heteroatoms. The molecule has 0 saturated carbocycles. The minimum absolute atomic E-state index is 0.0726. The van der Waals surface area contributed by atoms with Crippen LogP contribution in [0.2, 0.25) is 0 Å². The van der Waals surface area contributed by atoms with Crippen LogP contribution in [0.15, 0.2) is 134 Å². The third kappa shape index (κ3) is 71.6. The summed E-state index contributed by atoms with van der Waals surface area (Å²) in [6, 6.07) is 0. The molecule has 17 nitrogen and oxygen atoms in total. The lowest BCUT2D eigenvalue weighted by atomic mass is 10.1. The third-order valence-electron chi connectivity index (χ3n) is 15.5. The highest BCUT2D eigenvalue weighted by Gasteiger charge is 2.30. The van der Waals surface area contributed by atoms with Crippen molar-refractivity contribution in [2.24, 2.45) is 0 Å². The van der Waals surface area contributed by atoms with Crippen LogP contribution in [0.5, 0.6) is 0 Å². The summed E-state index contributed by atoms with van der Waals surface area (Å²) in [5.41, 5.74) is 0. The fraction of sp³-hybridized carbons (Fsp3) is 0.679. The van der Waals surface area contributed by atoms with Gasteiger partial charge in [-0.25, -0.2) is 9.13 Å². The molecule has 0 fully saturated rings. The van der Waals surface area contributed by atoms with Crippen LogP contribution in [-0.4, -0.2) is 96.7 Å². The number of aliphatic hydroxyl groups excluding tert-OH is 1. The summed E-state index contributed by atoms with van der Waals surface area (Å²) in [6.07, 6.45) is 80.1. The monoisotopic (exact) mass is 1440 g/mol. The molecular weight excluding hydrogens is 1310 g/mol. The number of unbranched alkanes of at least 4 members (excludes halogenated alkanes) is 23. The molecule has 5 atom stereocenters. The first-order chi connectivity index (χ1) is 48.7. The fourth-order valence-corrected chi connectivity index (χ4v) is 11.4. The molecular formula is C81H136O17P2. The molecule has 3 N–H and O–H groups in total. The van der Waals surface area contributed by atoms with Gasteiger partial charge in [-0.3, -0.25) is 37.3 Å². The zero-order valence-electron chi connectivity index (χ0n) is 62.3. The van der Waals surface area contributed by atoms with Crippen LogP contribution in [0, 0.1) is 0 Å². The molecule has 0 saturated heterocycles. The van der Waals surface area contributed by atoms with Crippen molar-refractivity contribution in [3.8, 4) is 0 Å². The molecule has 0 aromatic heterocycles. The number of ether oxygens (including phenoxy) is 4. The van der Waals surface area contributed by atoms with E-state index in [1.165, 1.54) is 0 Å². The number of carbonyl (C=O) groups is 4. The number of rotatable bonds is 71. The molecule has 0 radical (unpaired) electrons. The van der Waals surface area contributed by atoms with E-state index in [1.54, 1.807) is 0 Å². The number of allylic oxidation sites excluding steroid dienone is 22. The van der Waals surface area contributed by atoms with E-state index in [1.807, 2.05) is 0 Å². The Morgan fingerprint density at radius 3 is 0.800 bits per heavy atom. The summed E-state index contributed by atoms with van der Waals surface area (Å²) in [4.78, 5) is 72.9. The fourth-order valence-electron chi connectivity index (χ4n) is 9.77. The first kappa shape index (κ1) is 95.2. The number of carbonyl (C=O) groups excluding carboxylic acids is 4. The second kappa shape index (κ2) is 72.5. The smallest absolute Gasteiger partial charge is 0.462 e. The maximum atomic E-state index is 13.1. The summed E-state index contributed by atoms with van der Waals surface area (Å²) in [5.74, 6) is -2.24. The van der Waals surface area contributed by atoms with Gasteiger partial charge in [0.05, 0.1) is 26.4 Å². The summed E-state index contributed by atoms with van der Waals surface area (Å²) in [7, 11) is -9.97. The highest BCUT2D eigenvalue weighted by Crippen LogP contribution is 2.45. The maximum Gasteiger partial charge on any atom is 0.472 e. The first-order valence-corrected chi connectivity index (χ1v) is 41.4. The minimum atomic E-state index is -4.99. The Kier molecular flexibility index (Phi) is 69.1. The van der Waals surface area contributed by atoms with E-state index in [0.29, 0.717) is 25.7 Å². The van der Waals surface area contributed by atoms with E-state index >= 15 is 0 Å². The van der Waals surface area contributed by atoms with Gasteiger partial charge in [0.1, 0.15) is 19.3 Å². The molecule has 0 heterocycles. The van der Waals surface area contributed by atoms with Gasteiger partial charge in [-0.15, -0.1) is 0 Å². The molecule has 0 aliphatic heterocycles. The van der Waals surface area contributed by atoms with Crippen molar-refractivity contribution in [3.63, 3.8) is 0 Å². The van der Waals surface area contributed by atoms with E-state index < -0.39 is 97.5 Å². The van der Waals surface area contributed by atoms with Crippen molar-refractivity contribution >= 4 is 39.5 Å². The zero-order valence-corrected chi connectivity index (χ0v) is 64.1. The van der Waals surface area contributed by atoms with Crippen molar-refractivity contribution in [2.45, 2.75) is 316 Å². The summed E-state index contributed by atoms with van der Waals surface area (Å²) in [6.45, 7) is 4.45. The first-order valence-electron chi connectivity index (χ1n) is 38.4. The average Bonchev–Trinajstić information content (AvgIpc) is 1.15. The lowest BCUT2D eigenvalue weighted by Gasteiger charge is -2.21. The van der Waals surface area contributed by atoms with Crippen molar-refractivity contribution < 1.29 is 80.2 Å². The maximum absolute atomic E-state index is 13.1. The number of aliphatic hydroxyl groups is 1. The van der Waals surface area contributed by atoms with Gasteiger partial charge in [-0.1, -0.05) is 258 Å². The molecule has 0 rings (SSSR count). The Morgan fingerprint density at radius 2 is 0.520 bits per heavy atom. The van der Waals surface area contributed by atoms with Crippen molar-refractivity contribution in [1.82, 2.24) is 0 Å². The number of hydrogen-bond donors (Lipinski definition) is 3. The van der Waals surface area contributed by atoms with Crippen LogP contribution in [0.4, 0.5) is 0 Å². The Hall–Kier alpha value is -4.80. The van der Waals surface area contributed by atoms with E-state index in [4.69, 9.17) is 37.0 Å². The predicted molar refractivity (Wildman–Crippen MR) is 408 cm³/mol. The summed E-state index contributed by atoms with van der Waals surface area (Å²) < 4.78 is 68.5. The molecule has 0 spiro atoms. The molecule has 0 aromatic carbocycles. The molecule has 0 bridgehead atoms. The quantitative estimate of drug-likeness (QED) is 0.0169. The second-order valence-corrected chi connectivity index (χ2v) is 28.1. The number of hydrogen-bond acceptors (Lipinski definition) is 15. The highest BCUT2D eigenvalue weighted by atomic mass is 31.2. The van der Waals surface area contributed by atoms with E-state index in [-0.39, 0.29) is 25.7 Å². The zero-order chi connectivity index (χ0) is 73.2. The van der Waals surface area contributed by atoms with E-state index in [9.17, 15) is 43.2 Å². The summed E-state index contributed by atoms with van der Waals surface area (Å²) in [5, 5.41) is 10.6. The van der Waals surface area contributed by atoms with Crippen molar-refractivity contribution in [2.75, 3.05) is 39.6 Å². The van der Waals surface area contributed by atoms with Gasteiger partial charge in [0.25, 0.3) is 0 Å². The number of esters is 4. The van der Waals surface area contributed by atoms with Crippen LogP contribution in [-0.2, 0) is 65.4 Å². The average molecular weight is 1440 g/mol.